The molecule has 0 aliphatic heterocycles. The number of aromatic amines is 1. The molecular formula is C9H9N7. The number of H-pyrrole nitrogens is 1. The summed E-state index contributed by atoms with van der Waals surface area (Å²) < 4.78 is 1.71. The van der Waals surface area contributed by atoms with Crippen LogP contribution in [0.5, 0.6) is 0 Å². The van der Waals surface area contributed by atoms with Gasteiger partial charge in [0.25, 0.3) is 0 Å². The molecule has 0 aliphatic rings. The lowest BCUT2D eigenvalue weighted by Crippen LogP contribution is -2.04. The van der Waals surface area contributed by atoms with Crippen LogP contribution in [0.15, 0.2) is 30.9 Å². The molecular weight excluding hydrogens is 206 g/mol. The molecule has 0 amide bonds. The summed E-state index contributed by atoms with van der Waals surface area (Å²) in [6, 6.07) is 3.70. The predicted octanol–water partition coefficient (Wildman–Crippen LogP) is 0.459. The Morgan fingerprint density at radius 3 is 3.25 bits per heavy atom. The van der Waals surface area contributed by atoms with Crippen LogP contribution < -0.4 is 5.32 Å². The van der Waals surface area contributed by atoms with Crippen LogP contribution in [0.3, 0.4) is 0 Å². The quantitative estimate of drug-likeness (QED) is 0.663. The zero-order valence-electron chi connectivity index (χ0n) is 8.33. The van der Waals surface area contributed by atoms with Crippen molar-refractivity contribution in [2.45, 2.75) is 6.54 Å². The van der Waals surface area contributed by atoms with Crippen molar-refractivity contribution in [1.82, 2.24) is 29.8 Å². The molecule has 16 heavy (non-hydrogen) atoms. The number of nitrogens with one attached hydrogen (secondary N) is 2. The second-order valence-corrected chi connectivity index (χ2v) is 3.23. The second-order valence-electron chi connectivity index (χ2n) is 3.23. The maximum Gasteiger partial charge on any atom is 0.157 e. The summed E-state index contributed by atoms with van der Waals surface area (Å²) in [6.45, 7) is 0.567. The summed E-state index contributed by atoms with van der Waals surface area (Å²) in [6.07, 6.45) is 5.04. The fraction of sp³-hybridized carbons (Fsp3) is 0.111. The van der Waals surface area contributed by atoms with E-state index in [4.69, 9.17) is 0 Å². The van der Waals surface area contributed by atoms with Crippen molar-refractivity contribution in [3.63, 3.8) is 0 Å². The van der Waals surface area contributed by atoms with Gasteiger partial charge < -0.3 is 5.32 Å². The predicted molar refractivity (Wildman–Crippen MR) is 56.7 cm³/mol. The Kier molecular flexibility index (Phi) is 1.99. The third-order valence-corrected chi connectivity index (χ3v) is 2.16. The maximum absolute atomic E-state index is 4.36. The van der Waals surface area contributed by atoms with Crippen LogP contribution in [0, 0.1) is 0 Å². The highest BCUT2D eigenvalue weighted by molar-refractivity contribution is 5.45. The van der Waals surface area contributed by atoms with Crippen molar-refractivity contribution in [1.29, 1.82) is 0 Å². The number of fused-ring (bicyclic) bond motifs is 1. The lowest BCUT2D eigenvalue weighted by molar-refractivity contribution is 0.922. The third-order valence-electron chi connectivity index (χ3n) is 2.16. The largest absolute Gasteiger partial charge is 0.363 e. The van der Waals surface area contributed by atoms with Gasteiger partial charge in [0.05, 0.1) is 12.7 Å². The smallest absolute Gasteiger partial charge is 0.157 e. The van der Waals surface area contributed by atoms with Crippen LogP contribution in [-0.4, -0.2) is 29.8 Å². The van der Waals surface area contributed by atoms with Crippen LogP contribution in [0.1, 0.15) is 5.82 Å². The first-order valence-electron chi connectivity index (χ1n) is 4.80. The molecule has 0 fully saturated rings. The summed E-state index contributed by atoms with van der Waals surface area (Å²) in [4.78, 5) is 8.37. The van der Waals surface area contributed by atoms with Gasteiger partial charge in [-0.1, -0.05) is 0 Å². The third kappa shape index (κ3) is 1.58. The second kappa shape index (κ2) is 3.61. The number of anilines is 1. The lowest BCUT2D eigenvalue weighted by atomic mass is 10.5. The molecule has 3 aromatic rings. The average Bonchev–Trinajstić information content (AvgIpc) is 2.97. The van der Waals surface area contributed by atoms with E-state index in [2.05, 4.69) is 30.6 Å². The van der Waals surface area contributed by atoms with Crippen molar-refractivity contribution in [2.24, 2.45) is 0 Å². The van der Waals surface area contributed by atoms with Crippen molar-refractivity contribution in [3.8, 4) is 0 Å². The molecule has 2 N–H and O–H groups in total. The first-order chi connectivity index (χ1) is 7.92. The summed E-state index contributed by atoms with van der Waals surface area (Å²) in [5.74, 6) is 1.56. The summed E-state index contributed by atoms with van der Waals surface area (Å²) >= 11 is 0. The Bertz CT molecular complexity index is 583. The maximum atomic E-state index is 4.36. The Labute approximate surface area is 90.5 Å². The summed E-state index contributed by atoms with van der Waals surface area (Å²) in [5.41, 5.74) is 0.808. The van der Waals surface area contributed by atoms with Gasteiger partial charge in [0.2, 0.25) is 0 Å². The van der Waals surface area contributed by atoms with E-state index in [1.165, 1.54) is 6.33 Å². The van der Waals surface area contributed by atoms with Gasteiger partial charge in [0.1, 0.15) is 18.0 Å². The zero-order chi connectivity index (χ0) is 10.8. The molecule has 3 aromatic heterocycles. The van der Waals surface area contributed by atoms with Gasteiger partial charge in [0, 0.05) is 12.3 Å². The highest BCUT2D eigenvalue weighted by atomic mass is 15.2. The van der Waals surface area contributed by atoms with Crippen LogP contribution in [0.25, 0.3) is 5.65 Å². The van der Waals surface area contributed by atoms with Crippen molar-refractivity contribution >= 4 is 11.5 Å². The molecule has 7 nitrogen and oxygen atoms in total. The average molecular weight is 215 g/mol. The molecule has 0 aromatic carbocycles. The van der Waals surface area contributed by atoms with E-state index in [0.29, 0.717) is 6.54 Å². The Hall–Kier alpha value is -2.44. The van der Waals surface area contributed by atoms with Crippen LogP contribution in [-0.2, 0) is 6.54 Å². The van der Waals surface area contributed by atoms with Crippen molar-refractivity contribution in [2.75, 3.05) is 5.32 Å². The van der Waals surface area contributed by atoms with Gasteiger partial charge in [-0.2, -0.15) is 10.2 Å². The standard InChI is InChI=1S/C9H9N7/c1-3-13-16-4-2-7(14-9(1)16)10-5-8-11-6-12-15-8/h1-4,6H,5H2,(H,10,14)(H,11,12,15). The summed E-state index contributed by atoms with van der Waals surface area (Å²) in [5, 5.41) is 13.7. The highest BCUT2D eigenvalue weighted by Gasteiger charge is 1.99. The van der Waals surface area contributed by atoms with Gasteiger partial charge in [-0.25, -0.2) is 14.5 Å². The van der Waals surface area contributed by atoms with E-state index >= 15 is 0 Å². The number of aromatic nitrogens is 6. The molecule has 0 bridgehead atoms. The zero-order valence-corrected chi connectivity index (χ0v) is 8.33. The van der Waals surface area contributed by atoms with E-state index in [0.717, 1.165) is 17.3 Å². The Balaban J connectivity index is 1.78. The van der Waals surface area contributed by atoms with Crippen LogP contribution in [0.4, 0.5) is 5.82 Å². The minimum absolute atomic E-state index is 0.567. The van der Waals surface area contributed by atoms with Gasteiger partial charge in [-0.05, 0) is 6.07 Å². The first-order valence-corrected chi connectivity index (χ1v) is 4.80. The van der Waals surface area contributed by atoms with E-state index in [1.54, 1.807) is 10.7 Å². The van der Waals surface area contributed by atoms with Gasteiger partial charge in [-0.3, -0.25) is 5.10 Å². The minimum atomic E-state index is 0.567. The molecule has 0 aliphatic carbocycles. The molecule has 3 rings (SSSR count). The molecule has 0 unspecified atom stereocenters. The van der Waals surface area contributed by atoms with E-state index < -0.39 is 0 Å². The number of rotatable bonds is 3. The summed E-state index contributed by atoms with van der Waals surface area (Å²) in [7, 11) is 0. The van der Waals surface area contributed by atoms with Crippen LogP contribution >= 0.6 is 0 Å². The van der Waals surface area contributed by atoms with Crippen LogP contribution in [0.2, 0.25) is 0 Å². The molecule has 0 radical (unpaired) electrons. The van der Waals surface area contributed by atoms with E-state index in [-0.39, 0.29) is 0 Å². The molecule has 0 saturated heterocycles. The van der Waals surface area contributed by atoms with Gasteiger partial charge >= 0.3 is 0 Å². The molecule has 3 heterocycles. The first kappa shape index (κ1) is 8.84. The SMILES string of the molecule is c1n[nH]c(CNc2ccn3nccc3n2)n1. The number of hydrogen-bond donors (Lipinski definition) is 2. The van der Waals surface area contributed by atoms with E-state index in [1.807, 2.05) is 18.3 Å². The molecule has 7 heteroatoms. The minimum Gasteiger partial charge on any atom is -0.363 e. The topological polar surface area (TPSA) is 83.8 Å². The normalized spacial score (nSPS) is 10.8. The lowest BCUT2D eigenvalue weighted by Gasteiger charge is -2.02. The monoisotopic (exact) mass is 215 g/mol. The molecule has 0 spiro atoms. The molecule has 0 saturated carbocycles. The Morgan fingerprint density at radius 2 is 2.38 bits per heavy atom. The van der Waals surface area contributed by atoms with Gasteiger partial charge in [0.15, 0.2) is 5.65 Å². The highest BCUT2D eigenvalue weighted by Crippen LogP contribution is 2.06. The fourth-order valence-electron chi connectivity index (χ4n) is 1.40. The van der Waals surface area contributed by atoms with Gasteiger partial charge in [-0.15, -0.1) is 0 Å². The molecule has 0 atom stereocenters. The van der Waals surface area contributed by atoms with Crippen molar-refractivity contribution < 1.29 is 0 Å². The fourth-order valence-corrected chi connectivity index (χ4v) is 1.40. The molecule has 80 valence electrons. The number of hydrogen-bond acceptors (Lipinski definition) is 5. The number of nitrogens with zero attached hydrogens (tertiary/aromatic N) is 5. The van der Waals surface area contributed by atoms with E-state index in [9.17, 15) is 0 Å². The van der Waals surface area contributed by atoms with Crippen molar-refractivity contribution in [3.05, 3.63) is 36.7 Å². The Morgan fingerprint density at radius 1 is 1.38 bits per heavy atom.